The van der Waals surface area contributed by atoms with E-state index < -0.39 is 0 Å². The smallest absolute Gasteiger partial charge is 0.104 e. The van der Waals surface area contributed by atoms with E-state index in [2.05, 4.69) is 11.8 Å². The van der Waals surface area contributed by atoms with Crippen LogP contribution in [-0.4, -0.2) is 18.3 Å². The average molecular weight is 150 g/mol. The van der Waals surface area contributed by atoms with E-state index in [0.29, 0.717) is 6.54 Å². The molecule has 0 heterocycles. The highest BCUT2D eigenvalue weighted by Gasteiger charge is 1.73. The number of nitrogens with two attached hydrogens (primary N) is 1. The largest absolute Gasteiger partial charge is 0.384 e. The number of halogens is 1. The molecule has 0 rings (SSSR count). The van der Waals surface area contributed by atoms with Crippen molar-refractivity contribution in [2.45, 2.75) is 12.8 Å². The Morgan fingerprint density at radius 2 is 2.00 bits per heavy atom. The van der Waals surface area contributed by atoms with Crippen LogP contribution >= 0.6 is 12.4 Å². The molecule has 2 nitrogen and oxygen atoms in total. The highest BCUT2D eigenvalue weighted by Crippen LogP contribution is 1.79. The molecule has 0 aromatic carbocycles. The van der Waals surface area contributed by atoms with Crippen LogP contribution in [0.1, 0.15) is 12.8 Å². The second-order valence-corrected chi connectivity index (χ2v) is 1.40. The highest BCUT2D eigenvalue weighted by molar-refractivity contribution is 5.85. The first-order chi connectivity index (χ1) is 3.91. The van der Waals surface area contributed by atoms with Crippen LogP contribution < -0.4 is 5.73 Å². The molecular weight excluding hydrogens is 138 g/mol. The lowest BCUT2D eigenvalue weighted by molar-refractivity contribution is 0.350. The molecule has 0 aromatic rings. The normalized spacial score (nSPS) is 6.89. The van der Waals surface area contributed by atoms with E-state index >= 15 is 0 Å². The maximum Gasteiger partial charge on any atom is 0.104 e. The molecule has 0 aliphatic heterocycles. The summed E-state index contributed by atoms with van der Waals surface area (Å²) < 4.78 is 0. The van der Waals surface area contributed by atoms with Crippen molar-refractivity contribution < 1.29 is 5.11 Å². The SMILES string of the molecule is Cl.NCCCC#CCO. The minimum Gasteiger partial charge on any atom is -0.384 e. The van der Waals surface area contributed by atoms with Gasteiger partial charge < -0.3 is 10.8 Å². The molecule has 0 radical (unpaired) electrons. The Balaban J connectivity index is 0. The summed E-state index contributed by atoms with van der Waals surface area (Å²) in [6.07, 6.45) is 1.73. The van der Waals surface area contributed by atoms with Gasteiger partial charge in [-0.1, -0.05) is 5.92 Å². The monoisotopic (exact) mass is 149 g/mol. The van der Waals surface area contributed by atoms with Crippen LogP contribution in [0.3, 0.4) is 0 Å². The zero-order chi connectivity index (χ0) is 6.24. The van der Waals surface area contributed by atoms with Crippen molar-refractivity contribution in [1.82, 2.24) is 0 Å². The fourth-order valence-corrected chi connectivity index (χ4v) is 0.335. The van der Waals surface area contributed by atoms with Gasteiger partial charge in [-0.15, -0.1) is 18.3 Å². The first-order valence-electron chi connectivity index (χ1n) is 2.68. The minimum absolute atomic E-state index is 0. The first kappa shape index (κ1) is 11.6. The van der Waals surface area contributed by atoms with Gasteiger partial charge in [-0.3, -0.25) is 0 Å². The fourth-order valence-electron chi connectivity index (χ4n) is 0.335. The molecule has 0 saturated carbocycles. The van der Waals surface area contributed by atoms with Crippen molar-refractivity contribution >= 4 is 12.4 Å². The lowest BCUT2D eigenvalue weighted by atomic mass is 10.3. The lowest BCUT2D eigenvalue weighted by Crippen LogP contribution is -1.96. The molecule has 0 fully saturated rings. The van der Waals surface area contributed by atoms with Gasteiger partial charge >= 0.3 is 0 Å². The Bertz CT molecular complexity index is 95.0. The summed E-state index contributed by atoms with van der Waals surface area (Å²) in [7, 11) is 0. The Morgan fingerprint density at radius 1 is 1.33 bits per heavy atom. The van der Waals surface area contributed by atoms with Crippen molar-refractivity contribution in [1.29, 1.82) is 0 Å². The predicted molar refractivity (Wildman–Crippen MR) is 40.4 cm³/mol. The van der Waals surface area contributed by atoms with Gasteiger partial charge in [0.15, 0.2) is 0 Å². The third-order valence-corrected chi connectivity index (χ3v) is 0.710. The third-order valence-electron chi connectivity index (χ3n) is 0.710. The van der Waals surface area contributed by atoms with E-state index in [4.69, 9.17) is 10.8 Å². The standard InChI is InChI=1S/C6H11NO.ClH/c7-5-3-1-2-4-6-8;/h8H,1,3,5-7H2;1H. The molecule has 0 atom stereocenters. The Morgan fingerprint density at radius 3 is 2.44 bits per heavy atom. The van der Waals surface area contributed by atoms with Crippen molar-refractivity contribution in [3.63, 3.8) is 0 Å². The maximum atomic E-state index is 8.16. The van der Waals surface area contributed by atoms with E-state index in [0.717, 1.165) is 12.8 Å². The summed E-state index contributed by atoms with van der Waals surface area (Å²) in [5, 5.41) is 8.16. The maximum absolute atomic E-state index is 8.16. The van der Waals surface area contributed by atoms with E-state index in [9.17, 15) is 0 Å². The van der Waals surface area contributed by atoms with Crippen LogP contribution in [0, 0.1) is 11.8 Å². The molecule has 0 aromatic heterocycles. The van der Waals surface area contributed by atoms with Crippen LogP contribution in [-0.2, 0) is 0 Å². The second-order valence-electron chi connectivity index (χ2n) is 1.40. The number of unbranched alkanes of at least 4 members (excludes halogenated alkanes) is 1. The molecule has 3 N–H and O–H groups in total. The van der Waals surface area contributed by atoms with Crippen molar-refractivity contribution in [2.24, 2.45) is 5.73 Å². The predicted octanol–water partition coefficient (Wildman–Crippen LogP) is 0.143. The van der Waals surface area contributed by atoms with Crippen molar-refractivity contribution in [3.8, 4) is 11.8 Å². The van der Waals surface area contributed by atoms with Crippen molar-refractivity contribution in [3.05, 3.63) is 0 Å². The van der Waals surface area contributed by atoms with Gasteiger partial charge in [0.05, 0.1) is 0 Å². The van der Waals surface area contributed by atoms with Crippen molar-refractivity contribution in [2.75, 3.05) is 13.2 Å². The van der Waals surface area contributed by atoms with Gasteiger partial charge in [0, 0.05) is 6.42 Å². The number of aliphatic hydroxyl groups is 1. The zero-order valence-electron chi connectivity index (χ0n) is 5.26. The summed E-state index contributed by atoms with van der Waals surface area (Å²) in [5.74, 6) is 5.29. The molecule has 0 saturated heterocycles. The quantitative estimate of drug-likeness (QED) is 0.434. The highest BCUT2D eigenvalue weighted by atomic mass is 35.5. The number of hydrogen-bond acceptors (Lipinski definition) is 2. The molecule has 0 bridgehead atoms. The van der Waals surface area contributed by atoms with Gasteiger partial charge in [-0.25, -0.2) is 0 Å². The molecule has 3 heteroatoms. The van der Waals surface area contributed by atoms with Gasteiger partial charge in [0.1, 0.15) is 6.61 Å². The van der Waals surface area contributed by atoms with Gasteiger partial charge in [0.2, 0.25) is 0 Å². The zero-order valence-corrected chi connectivity index (χ0v) is 6.08. The molecule has 0 aliphatic carbocycles. The van der Waals surface area contributed by atoms with E-state index in [1.54, 1.807) is 0 Å². The molecular formula is C6H12ClNO. The number of rotatable bonds is 2. The number of hydrogen-bond donors (Lipinski definition) is 2. The summed E-state index contributed by atoms with van der Waals surface area (Å²) in [6, 6.07) is 0. The summed E-state index contributed by atoms with van der Waals surface area (Å²) >= 11 is 0. The topological polar surface area (TPSA) is 46.2 Å². The minimum atomic E-state index is -0.0371. The molecule has 54 valence electrons. The Hall–Kier alpha value is -0.230. The van der Waals surface area contributed by atoms with E-state index in [1.165, 1.54) is 0 Å². The summed E-state index contributed by atoms with van der Waals surface area (Å²) in [5.41, 5.74) is 5.18. The second kappa shape index (κ2) is 10.7. The molecule has 0 spiro atoms. The first-order valence-corrected chi connectivity index (χ1v) is 2.68. The van der Waals surface area contributed by atoms with Crippen LogP contribution in [0.4, 0.5) is 0 Å². The number of aliphatic hydroxyl groups excluding tert-OH is 1. The van der Waals surface area contributed by atoms with Gasteiger partial charge in [-0.05, 0) is 13.0 Å². The van der Waals surface area contributed by atoms with Crippen LogP contribution in [0.5, 0.6) is 0 Å². The third kappa shape index (κ3) is 11.4. The molecule has 0 aliphatic rings. The van der Waals surface area contributed by atoms with Gasteiger partial charge in [0.25, 0.3) is 0 Å². The summed E-state index contributed by atoms with van der Waals surface area (Å²) in [4.78, 5) is 0. The Labute approximate surface area is 61.9 Å². The van der Waals surface area contributed by atoms with Gasteiger partial charge in [-0.2, -0.15) is 0 Å². The summed E-state index contributed by atoms with van der Waals surface area (Å²) in [6.45, 7) is 0.644. The van der Waals surface area contributed by atoms with E-state index in [-0.39, 0.29) is 19.0 Å². The molecule has 0 amide bonds. The molecule has 9 heavy (non-hydrogen) atoms. The van der Waals surface area contributed by atoms with Crippen LogP contribution in [0.25, 0.3) is 0 Å². The van der Waals surface area contributed by atoms with Crippen LogP contribution in [0.15, 0.2) is 0 Å². The fraction of sp³-hybridized carbons (Fsp3) is 0.667. The van der Waals surface area contributed by atoms with E-state index in [1.807, 2.05) is 0 Å². The average Bonchev–Trinajstić information content (AvgIpc) is 1.81. The Kier molecular flexibility index (Phi) is 13.7. The van der Waals surface area contributed by atoms with Crippen LogP contribution in [0.2, 0.25) is 0 Å². The lowest BCUT2D eigenvalue weighted by Gasteiger charge is -1.82. The molecule has 0 unspecified atom stereocenters.